The van der Waals surface area contributed by atoms with Gasteiger partial charge in [-0.1, -0.05) is 42.0 Å². The van der Waals surface area contributed by atoms with Gasteiger partial charge in [0.1, 0.15) is 0 Å². The van der Waals surface area contributed by atoms with Gasteiger partial charge in [0, 0.05) is 23.6 Å². The molecule has 0 saturated heterocycles. The van der Waals surface area contributed by atoms with Crippen LogP contribution in [0.1, 0.15) is 30.9 Å². The largest absolute Gasteiger partial charge is 0.316 e. The Morgan fingerprint density at radius 2 is 1.93 bits per heavy atom. The van der Waals surface area contributed by atoms with Crippen LogP contribution >= 0.6 is 34.9 Å². The number of benzene rings is 2. The van der Waals surface area contributed by atoms with E-state index in [4.69, 9.17) is 0 Å². The van der Waals surface area contributed by atoms with Crippen molar-refractivity contribution >= 4 is 51.0 Å². The van der Waals surface area contributed by atoms with E-state index in [0.717, 1.165) is 35.7 Å². The van der Waals surface area contributed by atoms with Crippen molar-refractivity contribution in [2.24, 2.45) is 4.99 Å². The van der Waals surface area contributed by atoms with E-state index >= 15 is 0 Å². The maximum atomic E-state index is 12.5. The van der Waals surface area contributed by atoms with Crippen molar-refractivity contribution in [2.45, 2.75) is 44.6 Å². The first-order valence-corrected chi connectivity index (χ1v) is 13.2. The molecule has 1 amide bonds. The molecular formula is C23H28N2OS3. The fourth-order valence-electron chi connectivity index (χ4n) is 3.03. The summed E-state index contributed by atoms with van der Waals surface area (Å²) in [4.78, 5) is 19.1. The molecule has 0 aliphatic rings. The van der Waals surface area contributed by atoms with Crippen LogP contribution in [0.3, 0.4) is 0 Å². The number of aromatic nitrogens is 1. The van der Waals surface area contributed by atoms with Gasteiger partial charge in [0.2, 0.25) is 5.91 Å². The van der Waals surface area contributed by atoms with Gasteiger partial charge >= 0.3 is 0 Å². The highest BCUT2D eigenvalue weighted by molar-refractivity contribution is 7.99. The maximum Gasteiger partial charge on any atom is 0.248 e. The van der Waals surface area contributed by atoms with Gasteiger partial charge in [0.15, 0.2) is 4.80 Å². The summed E-state index contributed by atoms with van der Waals surface area (Å²) in [6.45, 7) is 5.14. The summed E-state index contributed by atoms with van der Waals surface area (Å²) in [6.07, 6.45) is 4.47. The molecule has 3 aromatic rings. The first kappa shape index (κ1) is 22.2. The second kappa shape index (κ2) is 11.0. The number of rotatable bonds is 9. The third-order valence-electron chi connectivity index (χ3n) is 4.72. The van der Waals surface area contributed by atoms with Crippen molar-refractivity contribution in [3.63, 3.8) is 0 Å². The van der Waals surface area contributed by atoms with E-state index in [1.54, 1.807) is 23.1 Å². The number of thiazole rings is 1. The summed E-state index contributed by atoms with van der Waals surface area (Å²) < 4.78 is 3.42. The highest BCUT2D eigenvalue weighted by Gasteiger charge is 2.09. The Kier molecular flexibility index (Phi) is 8.45. The molecule has 3 nitrogen and oxygen atoms in total. The Morgan fingerprint density at radius 3 is 2.66 bits per heavy atom. The predicted molar refractivity (Wildman–Crippen MR) is 129 cm³/mol. The number of carbonyl (C=O) groups excluding carboxylic acids is 1. The third kappa shape index (κ3) is 6.24. The van der Waals surface area contributed by atoms with Gasteiger partial charge < -0.3 is 4.57 Å². The molecule has 1 aromatic heterocycles. The molecule has 1 heterocycles. The SMILES string of the molecule is CCc1ccc2c(c1)sc(=NC(=O)CCCSc1ccc(C)cc1)n2CCSC. The summed E-state index contributed by atoms with van der Waals surface area (Å²) >= 11 is 5.24. The van der Waals surface area contributed by atoms with Crippen LogP contribution in [0, 0.1) is 6.92 Å². The zero-order valence-electron chi connectivity index (χ0n) is 17.3. The first-order valence-electron chi connectivity index (χ1n) is 9.99. The number of nitrogens with zero attached hydrogens (tertiary/aromatic N) is 2. The molecule has 3 rings (SSSR count). The molecule has 6 heteroatoms. The van der Waals surface area contributed by atoms with Crippen LogP contribution in [-0.2, 0) is 17.8 Å². The Bertz CT molecular complexity index is 1020. The highest BCUT2D eigenvalue weighted by Crippen LogP contribution is 2.21. The Hall–Kier alpha value is -1.50. The molecule has 0 N–H and O–H groups in total. The monoisotopic (exact) mass is 444 g/mol. The van der Waals surface area contributed by atoms with E-state index in [0.29, 0.717) is 6.42 Å². The molecule has 29 heavy (non-hydrogen) atoms. The summed E-state index contributed by atoms with van der Waals surface area (Å²) in [7, 11) is 0. The normalized spacial score (nSPS) is 12.0. The molecule has 0 atom stereocenters. The molecular weight excluding hydrogens is 416 g/mol. The van der Waals surface area contributed by atoms with Crippen molar-refractivity contribution in [1.29, 1.82) is 0 Å². The summed E-state index contributed by atoms with van der Waals surface area (Å²) in [5.41, 5.74) is 3.77. The second-order valence-electron chi connectivity index (χ2n) is 6.96. The molecule has 0 bridgehead atoms. The zero-order valence-corrected chi connectivity index (χ0v) is 19.8. The summed E-state index contributed by atoms with van der Waals surface area (Å²) in [6, 6.07) is 15.1. The van der Waals surface area contributed by atoms with Gasteiger partial charge in [-0.3, -0.25) is 4.79 Å². The quantitative estimate of drug-likeness (QED) is 0.303. The number of amides is 1. The number of hydrogen-bond acceptors (Lipinski definition) is 4. The van der Waals surface area contributed by atoms with Crippen molar-refractivity contribution in [1.82, 2.24) is 4.57 Å². The van der Waals surface area contributed by atoms with Crippen molar-refractivity contribution in [3.05, 3.63) is 58.4 Å². The maximum absolute atomic E-state index is 12.5. The average molecular weight is 445 g/mol. The number of carbonyl (C=O) groups is 1. The molecule has 0 unspecified atom stereocenters. The molecule has 0 spiro atoms. The highest BCUT2D eigenvalue weighted by atomic mass is 32.2. The lowest BCUT2D eigenvalue weighted by Crippen LogP contribution is -2.18. The van der Waals surface area contributed by atoms with Gasteiger partial charge in [-0.15, -0.1) is 11.8 Å². The van der Waals surface area contributed by atoms with Gasteiger partial charge in [-0.2, -0.15) is 16.8 Å². The molecule has 154 valence electrons. The fourth-order valence-corrected chi connectivity index (χ4v) is 5.39. The topological polar surface area (TPSA) is 34.4 Å². The lowest BCUT2D eigenvalue weighted by atomic mass is 10.2. The van der Waals surface area contributed by atoms with E-state index in [9.17, 15) is 4.79 Å². The Balaban J connectivity index is 1.68. The number of hydrogen-bond donors (Lipinski definition) is 0. The predicted octanol–water partition coefficient (Wildman–Crippen LogP) is 5.94. The first-order chi connectivity index (χ1) is 14.1. The van der Waals surface area contributed by atoms with E-state index in [-0.39, 0.29) is 5.91 Å². The van der Waals surface area contributed by atoms with Crippen LogP contribution in [0.5, 0.6) is 0 Å². The van der Waals surface area contributed by atoms with Crippen LogP contribution < -0.4 is 4.80 Å². The Labute approximate surface area is 185 Å². The van der Waals surface area contributed by atoms with Crippen LogP contribution in [-0.4, -0.2) is 28.2 Å². The van der Waals surface area contributed by atoms with Crippen molar-refractivity contribution in [3.8, 4) is 0 Å². The minimum Gasteiger partial charge on any atom is -0.316 e. The van der Waals surface area contributed by atoms with Crippen molar-refractivity contribution < 1.29 is 4.79 Å². The lowest BCUT2D eigenvalue weighted by molar-refractivity contribution is -0.118. The van der Waals surface area contributed by atoms with E-state index < -0.39 is 0 Å². The van der Waals surface area contributed by atoms with Gasteiger partial charge in [-0.25, -0.2) is 0 Å². The summed E-state index contributed by atoms with van der Waals surface area (Å²) in [5, 5.41) is 0. The molecule has 2 aromatic carbocycles. The molecule has 0 saturated carbocycles. The molecule has 0 aliphatic carbocycles. The van der Waals surface area contributed by atoms with Crippen LogP contribution in [0.15, 0.2) is 52.4 Å². The van der Waals surface area contributed by atoms with Gasteiger partial charge in [0.05, 0.1) is 10.2 Å². The molecule has 0 fully saturated rings. The van der Waals surface area contributed by atoms with Gasteiger partial charge in [-0.05, 0) is 61.6 Å². The number of aryl methyl sites for hydroxylation is 3. The Morgan fingerprint density at radius 1 is 1.14 bits per heavy atom. The minimum atomic E-state index is -0.0188. The van der Waals surface area contributed by atoms with Gasteiger partial charge in [0.25, 0.3) is 0 Å². The fraction of sp³-hybridized carbons (Fsp3) is 0.391. The minimum absolute atomic E-state index is 0.0188. The van der Waals surface area contributed by atoms with E-state index in [1.807, 2.05) is 11.8 Å². The van der Waals surface area contributed by atoms with Crippen LogP contribution in [0.2, 0.25) is 0 Å². The van der Waals surface area contributed by atoms with E-state index in [1.165, 1.54) is 26.2 Å². The van der Waals surface area contributed by atoms with Crippen LogP contribution in [0.25, 0.3) is 10.2 Å². The zero-order chi connectivity index (χ0) is 20.6. The summed E-state index contributed by atoms with van der Waals surface area (Å²) in [5.74, 6) is 1.92. The average Bonchev–Trinajstić information content (AvgIpc) is 3.06. The molecule has 0 aliphatic heterocycles. The number of thioether (sulfide) groups is 2. The number of fused-ring (bicyclic) bond motifs is 1. The van der Waals surface area contributed by atoms with Crippen LogP contribution in [0.4, 0.5) is 0 Å². The third-order valence-corrected chi connectivity index (χ3v) is 7.45. The smallest absolute Gasteiger partial charge is 0.248 e. The van der Waals surface area contributed by atoms with Crippen molar-refractivity contribution in [2.75, 3.05) is 17.8 Å². The lowest BCUT2D eigenvalue weighted by Gasteiger charge is -2.04. The molecule has 0 radical (unpaired) electrons. The standard InChI is InChI=1S/C23H28N2OS3/c1-4-18-9-12-20-21(16-18)29-23(25(20)13-15-27-3)24-22(26)6-5-14-28-19-10-7-17(2)8-11-19/h7-12,16H,4-6,13-15H2,1-3H3. The second-order valence-corrected chi connectivity index (χ2v) is 10.1. The van der Waals surface area contributed by atoms with E-state index in [2.05, 4.69) is 72.1 Å².